The molecule has 0 spiro atoms. The van der Waals surface area contributed by atoms with Gasteiger partial charge in [-0.3, -0.25) is 4.98 Å². The first-order chi connectivity index (χ1) is 15.6. The van der Waals surface area contributed by atoms with Gasteiger partial charge in [0.05, 0.1) is 28.3 Å². The van der Waals surface area contributed by atoms with Crippen LogP contribution in [0.5, 0.6) is 0 Å². The number of ether oxygens (including phenoxy) is 1. The number of anilines is 1. The van der Waals surface area contributed by atoms with E-state index in [9.17, 15) is 4.79 Å². The zero-order valence-electron chi connectivity index (χ0n) is 19.4. The van der Waals surface area contributed by atoms with Crippen LogP contribution in [0.4, 0.5) is 10.6 Å². The van der Waals surface area contributed by atoms with Gasteiger partial charge in [0.15, 0.2) is 0 Å². The van der Waals surface area contributed by atoms with Crippen LogP contribution in [0.15, 0.2) is 24.5 Å². The third-order valence-electron chi connectivity index (χ3n) is 5.29. The number of piperazine rings is 1. The van der Waals surface area contributed by atoms with E-state index in [-0.39, 0.29) is 12.1 Å². The molecule has 33 heavy (non-hydrogen) atoms. The number of pyridine rings is 2. The number of aromatic nitrogens is 2. The third kappa shape index (κ3) is 6.47. The van der Waals surface area contributed by atoms with Gasteiger partial charge >= 0.3 is 6.09 Å². The maximum atomic E-state index is 12.8. The number of hydrogen-bond donors (Lipinski definition) is 2. The Hall–Kier alpha value is -2.13. The number of carbonyl (C=O) groups excluding carboxylic acids is 1. The average molecular weight is 495 g/mol. The average Bonchev–Trinajstić information content (AvgIpc) is 2.73. The van der Waals surface area contributed by atoms with Gasteiger partial charge in [0, 0.05) is 25.5 Å². The van der Waals surface area contributed by atoms with Gasteiger partial charge in [-0.15, -0.1) is 0 Å². The second-order valence-corrected chi connectivity index (χ2v) is 9.89. The fraction of sp³-hybridized carbons (Fsp3) is 0.522. The van der Waals surface area contributed by atoms with E-state index < -0.39 is 5.60 Å². The number of nitrogens with zero attached hydrogens (tertiary/aromatic N) is 4. The van der Waals surface area contributed by atoms with Gasteiger partial charge in [-0.05, 0) is 70.0 Å². The topological polar surface area (TPSA) is 111 Å². The lowest BCUT2D eigenvalue weighted by Crippen LogP contribution is -2.52. The Kier molecular flexibility index (Phi) is 8.39. The lowest BCUT2D eigenvalue weighted by atomic mass is 10.1. The van der Waals surface area contributed by atoms with Gasteiger partial charge in [-0.2, -0.15) is 0 Å². The first-order valence-electron chi connectivity index (χ1n) is 11.1. The molecule has 2 aromatic heterocycles. The summed E-state index contributed by atoms with van der Waals surface area (Å²) >= 11 is 13.3. The Balaban J connectivity index is 1.96. The molecule has 0 radical (unpaired) electrons. The second-order valence-electron chi connectivity index (χ2n) is 9.07. The Morgan fingerprint density at radius 2 is 1.67 bits per heavy atom. The molecule has 4 N–H and O–H groups in total. The van der Waals surface area contributed by atoms with E-state index in [0.29, 0.717) is 67.1 Å². The quantitative estimate of drug-likeness (QED) is 0.630. The SMILES string of the molecule is CC(C)(C)OC(=O)N1CCN(c2ncc(CCN)cc2Cl)C(c2ncc(CCN)cc2Cl)C1. The fourth-order valence-electron chi connectivity index (χ4n) is 3.78. The van der Waals surface area contributed by atoms with E-state index in [1.807, 2.05) is 37.8 Å². The maximum Gasteiger partial charge on any atom is 0.410 e. The lowest BCUT2D eigenvalue weighted by Gasteiger charge is -2.42. The Labute approximate surface area is 205 Å². The van der Waals surface area contributed by atoms with Crippen LogP contribution < -0.4 is 16.4 Å². The predicted octanol–water partition coefficient (Wildman–Crippen LogP) is 3.58. The Morgan fingerprint density at radius 3 is 2.21 bits per heavy atom. The highest BCUT2D eigenvalue weighted by Crippen LogP contribution is 2.36. The van der Waals surface area contributed by atoms with Crippen molar-refractivity contribution in [3.05, 3.63) is 51.4 Å². The first kappa shape index (κ1) is 25.5. The summed E-state index contributed by atoms with van der Waals surface area (Å²) in [5.74, 6) is 0.621. The largest absolute Gasteiger partial charge is 0.444 e. The number of carbonyl (C=O) groups is 1. The van der Waals surface area contributed by atoms with E-state index in [4.69, 9.17) is 39.4 Å². The number of halogens is 2. The summed E-state index contributed by atoms with van der Waals surface area (Å²) in [6, 6.07) is 3.41. The van der Waals surface area contributed by atoms with Crippen LogP contribution >= 0.6 is 23.2 Å². The number of rotatable bonds is 6. The van der Waals surface area contributed by atoms with Crippen LogP contribution in [0, 0.1) is 0 Å². The summed E-state index contributed by atoms with van der Waals surface area (Å²) < 4.78 is 5.60. The van der Waals surface area contributed by atoms with Crippen molar-refractivity contribution in [3.8, 4) is 0 Å². The van der Waals surface area contributed by atoms with E-state index >= 15 is 0 Å². The number of nitrogens with two attached hydrogens (primary N) is 2. The molecule has 3 heterocycles. The van der Waals surface area contributed by atoms with Crippen molar-refractivity contribution in [2.75, 3.05) is 37.6 Å². The Bertz CT molecular complexity index is 982. The monoisotopic (exact) mass is 494 g/mol. The summed E-state index contributed by atoms with van der Waals surface area (Å²) in [7, 11) is 0. The third-order valence-corrected chi connectivity index (χ3v) is 5.87. The van der Waals surface area contributed by atoms with Crippen molar-refractivity contribution in [1.29, 1.82) is 0 Å². The first-order valence-corrected chi connectivity index (χ1v) is 11.8. The highest BCUT2D eigenvalue weighted by molar-refractivity contribution is 6.33. The molecule has 1 unspecified atom stereocenters. The summed E-state index contributed by atoms with van der Waals surface area (Å²) in [5, 5.41) is 1.03. The van der Waals surface area contributed by atoms with Gasteiger partial charge in [0.1, 0.15) is 11.4 Å². The minimum absolute atomic E-state index is 0.334. The molecule has 0 aromatic carbocycles. The van der Waals surface area contributed by atoms with Crippen molar-refractivity contribution in [2.24, 2.45) is 11.5 Å². The highest BCUT2D eigenvalue weighted by atomic mass is 35.5. The van der Waals surface area contributed by atoms with Crippen molar-refractivity contribution in [3.63, 3.8) is 0 Å². The molecule has 1 saturated heterocycles. The van der Waals surface area contributed by atoms with Crippen LogP contribution in [0.25, 0.3) is 0 Å². The molecule has 1 aliphatic rings. The van der Waals surface area contributed by atoms with E-state index in [0.717, 1.165) is 11.1 Å². The summed E-state index contributed by atoms with van der Waals surface area (Å²) in [6.45, 7) is 7.85. The second kappa shape index (κ2) is 10.9. The van der Waals surface area contributed by atoms with Gasteiger partial charge < -0.3 is 26.0 Å². The molecular formula is C23H32Cl2N6O2. The standard InChI is InChI=1S/C23H32Cl2N6O2/c1-23(2,3)33-22(32)30-8-9-31(21-18(25)11-16(5-7-27)13-29-21)19(14-30)20-17(24)10-15(4-6-26)12-28-20/h10-13,19H,4-9,14,26-27H2,1-3H3. The van der Waals surface area contributed by atoms with E-state index in [2.05, 4.69) is 9.97 Å². The summed E-state index contributed by atoms with van der Waals surface area (Å²) in [6.07, 6.45) is 4.56. The molecule has 3 rings (SSSR count). The molecule has 0 saturated carbocycles. The van der Waals surface area contributed by atoms with Crippen LogP contribution in [0.2, 0.25) is 10.0 Å². The molecule has 1 atom stereocenters. The summed E-state index contributed by atoms with van der Waals surface area (Å²) in [4.78, 5) is 25.8. The fourth-order valence-corrected chi connectivity index (χ4v) is 4.40. The lowest BCUT2D eigenvalue weighted by molar-refractivity contribution is 0.0212. The highest BCUT2D eigenvalue weighted by Gasteiger charge is 2.36. The van der Waals surface area contributed by atoms with Crippen molar-refractivity contribution < 1.29 is 9.53 Å². The molecular weight excluding hydrogens is 463 g/mol. The normalized spacial score (nSPS) is 16.8. The molecule has 1 amide bonds. The van der Waals surface area contributed by atoms with Gasteiger partial charge in [0.25, 0.3) is 0 Å². The number of amides is 1. The molecule has 180 valence electrons. The van der Waals surface area contributed by atoms with Gasteiger partial charge in [-0.1, -0.05) is 23.2 Å². The molecule has 1 aliphatic heterocycles. The molecule has 2 aromatic rings. The minimum atomic E-state index is -0.590. The maximum absolute atomic E-state index is 12.8. The summed E-state index contributed by atoms with van der Waals surface area (Å²) in [5.41, 5.74) is 13.3. The minimum Gasteiger partial charge on any atom is -0.444 e. The van der Waals surface area contributed by atoms with Crippen LogP contribution in [0.1, 0.15) is 43.6 Å². The molecule has 0 bridgehead atoms. The molecule has 8 nitrogen and oxygen atoms in total. The van der Waals surface area contributed by atoms with Crippen molar-refractivity contribution in [1.82, 2.24) is 14.9 Å². The van der Waals surface area contributed by atoms with Crippen LogP contribution in [0.3, 0.4) is 0 Å². The van der Waals surface area contributed by atoms with Crippen LogP contribution in [-0.4, -0.2) is 59.3 Å². The zero-order valence-corrected chi connectivity index (χ0v) is 20.9. The molecule has 1 fully saturated rings. The predicted molar refractivity (Wildman–Crippen MR) is 132 cm³/mol. The smallest absolute Gasteiger partial charge is 0.410 e. The van der Waals surface area contributed by atoms with Gasteiger partial charge in [0.2, 0.25) is 0 Å². The van der Waals surface area contributed by atoms with Gasteiger partial charge in [-0.25, -0.2) is 9.78 Å². The van der Waals surface area contributed by atoms with E-state index in [1.165, 1.54) is 0 Å². The Morgan fingerprint density at radius 1 is 1.06 bits per heavy atom. The van der Waals surface area contributed by atoms with Crippen molar-refractivity contribution >= 4 is 35.1 Å². The zero-order chi connectivity index (χ0) is 24.2. The van der Waals surface area contributed by atoms with Crippen molar-refractivity contribution in [2.45, 2.75) is 45.3 Å². The molecule has 10 heteroatoms. The molecule has 0 aliphatic carbocycles. The number of hydrogen-bond acceptors (Lipinski definition) is 7. The van der Waals surface area contributed by atoms with E-state index in [1.54, 1.807) is 17.3 Å². The van der Waals surface area contributed by atoms with Crippen LogP contribution in [-0.2, 0) is 17.6 Å².